The van der Waals surface area contributed by atoms with Gasteiger partial charge in [0.05, 0.1) is 28.4 Å². The monoisotopic (exact) mass is 402 g/mol. The number of benzene rings is 2. The van der Waals surface area contributed by atoms with E-state index >= 15 is 0 Å². The summed E-state index contributed by atoms with van der Waals surface area (Å²) < 4.78 is 22.0. The molecule has 0 aliphatic rings. The molecule has 0 aliphatic heterocycles. The molecule has 5 heteroatoms. The van der Waals surface area contributed by atoms with E-state index in [4.69, 9.17) is 24.1 Å². The van der Waals surface area contributed by atoms with Crippen LogP contribution in [-0.2, 0) is 6.42 Å². The second-order valence-corrected chi connectivity index (χ2v) is 7.14. The highest BCUT2D eigenvalue weighted by Gasteiger charge is 2.18. The van der Waals surface area contributed by atoms with Gasteiger partial charge < -0.3 is 24.1 Å². The van der Waals surface area contributed by atoms with Crippen LogP contribution in [0.2, 0.25) is 0 Å². The van der Waals surface area contributed by atoms with Crippen LogP contribution in [0.5, 0.6) is 23.0 Å². The highest BCUT2D eigenvalue weighted by molar-refractivity contribution is 5.55. The second-order valence-electron chi connectivity index (χ2n) is 7.14. The molecule has 0 aromatic heterocycles. The van der Waals surface area contributed by atoms with Gasteiger partial charge in [0.25, 0.3) is 0 Å². The molecule has 1 atom stereocenters. The number of unbranched alkanes of at least 4 members (excludes halogenated alkanes) is 3. The topological polar surface area (TPSA) is 57.2 Å². The zero-order chi connectivity index (χ0) is 21.2. The van der Waals surface area contributed by atoms with E-state index in [9.17, 15) is 0 Å². The Morgan fingerprint density at radius 1 is 0.724 bits per heavy atom. The van der Waals surface area contributed by atoms with Crippen LogP contribution in [0.15, 0.2) is 30.3 Å². The van der Waals surface area contributed by atoms with E-state index in [2.05, 4.69) is 19.1 Å². The molecule has 0 bridgehead atoms. The third-order valence-corrected chi connectivity index (χ3v) is 5.35. The van der Waals surface area contributed by atoms with E-state index < -0.39 is 0 Å². The minimum atomic E-state index is 0.155. The highest BCUT2D eigenvalue weighted by atomic mass is 16.5. The van der Waals surface area contributed by atoms with Crippen LogP contribution < -0.4 is 18.9 Å². The summed E-state index contributed by atoms with van der Waals surface area (Å²) in [6, 6.07) is 10.4. The first-order chi connectivity index (χ1) is 14.1. The molecule has 0 aliphatic carbocycles. The Morgan fingerprint density at radius 2 is 1.34 bits per heavy atom. The van der Waals surface area contributed by atoms with Crippen molar-refractivity contribution in [2.75, 3.05) is 35.0 Å². The molecule has 1 N–H and O–H groups in total. The third kappa shape index (κ3) is 5.80. The maximum Gasteiger partial charge on any atom is 0.203 e. The molecule has 0 saturated carbocycles. The summed E-state index contributed by atoms with van der Waals surface area (Å²) in [5.74, 6) is 3.00. The van der Waals surface area contributed by atoms with Crippen molar-refractivity contribution in [1.82, 2.24) is 0 Å². The average molecular weight is 403 g/mol. The molecule has 0 amide bonds. The molecule has 29 heavy (non-hydrogen) atoms. The van der Waals surface area contributed by atoms with Gasteiger partial charge in [-0.15, -0.1) is 0 Å². The van der Waals surface area contributed by atoms with Gasteiger partial charge in [-0.05, 0) is 54.2 Å². The molecule has 2 rings (SSSR count). The van der Waals surface area contributed by atoms with Gasteiger partial charge in [0.1, 0.15) is 5.75 Å². The predicted octanol–water partition coefficient (Wildman–Crippen LogP) is 4.97. The molecule has 0 spiro atoms. The highest BCUT2D eigenvalue weighted by Crippen LogP contribution is 2.41. The number of aliphatic hydroxyl groups excluding tert-OH is 1. The molecule has 0 radical (unpaired) electrons. The molecule has 2 aromatic rings. The van der Waals surface area contributed by atoms with Crippen LogP contribution in [-0.4, -0.2) is 40.2 Å². The number of aryl methyl sites for hydroxylation is 1. The molecule has 5 nitrogen and oxygen atoms in total. The lowest BCUT2D eigenvalue weighted by atomic mass is 9.90. The van der Waals surface area contributed by atoms with Crippen molar-refractivity contribution in [2.45, 2.75) is 44.9 Å². The number of rotatable bonds is 12. The summed E-state index contributed by atoms with van der Waals surface area (Å²) >= 11 is 0. The molecule has 2 aromatic carbocycles. The first-order valence-electron chi connectivity index (χ1n) is 10.2. The zero-order valence-corrected chi connectivity index (χ0v) is 18.3. The summed E-state index contributed by atoms with van der Waals surface area (Å²) in [4.78, 5) is 0. The maximum absolute atomic E-state index is 8.93. The number of hydrogen-bond donors (Lipinski definition) is 1. The van der Waals surface area contributed by atoms with Crippen LogP contribution in [0.1, 0.15) is 55.2 Å². The fraction of sp³-hybridized carbons (Fsp3) is 0.500. The largest absolute Gasteiger partial charge is 0.496 e. The van der Waals surface area contributed by atoms with Crippen LogP contribution >= 0.6 is 0 Å². The van der Waals surface area contributed by atoms with Crippen molar-refractivity contribution in [3.05, 3.63) is 47.0 Å². The molecule has 0 fully saturated rings. The number of methoxy groups -OCH3 is 4. The SMILES string of the molecule is COc1ccc(C(C)c2cc(OC)c(OC)c(OC)c2)cc1CCCCCCO. The van der Waals surface area contributed by atoms with Gasteiger partial charge >= 0.3 is 0 Å². The van der Waals surface area contributed by atoms with Crippen molar-refractivity contribution in [1.29, 1.82) is 0 Å². The van der Waals surface area contributed by atoms with E-state index in [0.29, 0.717) is 17.2 Å². The van der Waals surface area contributed by atoms with Crippen LogP contribution in [0, 0.1) is 0 Å². The third-order valence-electron chi connectivity index (χ3n) is 5.35. The van der Waals surface area contributed by atoms with Gasteiger partial charge in [-0.25, -0.2) is 0 Å². The van der Waals surface area contributed by atoms with Crippen molar-refractivity contribution in [3.63, 3.8) is 0 Å². The summed E-state index contributed by atoms with van der Waals surface area (Å²) in [6.07, 6.45) is 5.08. The number of ether oxygens (including phenoxy) is 4. The molecule has 1 unspecified atom stereocenters. The Bertz CT molecular complexity index is 747. The van der Waals surface area contributed by atoms with Crippen LogP contribution in [0.3, 0.4) is 0 Å². The minimum absolute atomic E-state index is 0.155. The normalized spacial score (nSPS) is 11.8. The molecular weight excluding hydrogens is 368 g/mol. The van der Waals surface area contributed by atoms with E-state index in [1.165, 1.54) is 11.1 Å². The smallest absolute Gasteiger partial charge is 0.203 e. The zero-order valence-electron chi connectivity index (χ0n) is 18.3. The van der Waals surface area contributed by atoms with Gasteiger partial charge in [-0.1, -0.05) is 31.9 Å². The molecule has 0 heterocycles. The molecule has 0 saturated heterocycles. The lowest BCUT2D eigenvalue weighted by Crippen LogP contribution is -2.02. The summed E-state index contributed by atoms with van der Waals surface area (Å²) in [6.45, 7) is 2.44. The fourth-order valence-corrected chi connectivity index (χ4v) is 3.59. The standard InChI is InChI=1S/C24H34O5/c1-17(20-15-22(27-3)24(29-5)23(16-20)28-4)18-11-12-21(26-2)19(14-18)10-8-6-7-9-13-25/h11-12,14-17,25H,6-10,13H2,1-5H3. The lowest BCUT2D eigenvalue weighted by Gasteiger charge is -2.19. The summed E-state index contributed by atoms with van der Waals surface area (Å²) in [5.41, 5.74) is 3.53. The van der Waals surface area contributed by atoms with E-state index in [-0.39, 0.29) is 12.5 Å². The second kappa shape index (κ2) is 11.6. The van der Waals surface area contributed by atoms with E-state index in [0.717, 1.165) is 43.4 Å². The Kier molecular flexibility index (Phi) is 9.13. The van der Waals surface area contributed by atoms with Crippen molar-refractivity contribution in [3.8, 4) is 23.0 Å². The first kappa shape index (κ1) is 22.9. The molecular formula is C24H34O5. The lowest BCUT2D eigenvalue weighted by molar-refractivity contribution is 0.282. The Morgan fingerprint density at radius 3 is 1.90 bits per heavy atom. The summed E-state index contributed by atoms with van der Waals surface area (Å²) in [5, 5.41) is 8.93. The quantitative estimate of drug-likeness (QED) is 0.508. The van der Waals surface area contributed by atoms with Crippen LogP contribution in [0.25, 0.3) is 0 Å². The fourth-order valence-electron chi connectivity index (χ4n) is 3.59. The maximum atomic E-state index is 8.93. The van der Waals surface area contributed by atoms with Crippen LogP contribution in [0.4, 0.5) is 0 Å². The van der Waals surface area contributed by atoms with Gasteiger partial charge in [-0.2, -0.15) is 0 Å². The molecule has 160 valence electrons. The average Bonchev–Trinajstić information content (AvgIpc) is 2.77. The van der Waals surface area contributed by atoms with Gasteiger partial charge in [0.2, 0.25) is 5.75 Å². The van der Waals surface area contributed by atoms with Gasteiger partial charge in [0, 0.05) is 12.5 Å². The number of hydrogen-bond acceptors (Lipinski definition) is 5. The number of aliphatic hydroxyl groups is 1. The first-order valence-corrected chi connectivity index (χ1v) is 10.2. The van der Waals surface area contributed by atoms with E-state index in [1.807, 2.05) is 18.2 Å². The minimum Gasteiger partial charge on any atom is -0.496 e. The van der Waals surface area contributed by atoms with E-state index in [1.54, 1.807) is 28.4 Å². The van der Waals surface area contributed by atoms with Gasteiger partial charge in [0.15, 0.2) is 11.5 Å². The van der Waals surface area contributed by atoms with Gasteiger partial charge in [-0.3, -0.25) is 0 Å². The Labute approximate surface area is 174 Å². The van der Waals surface area contributed by atoms with Crippen molar-refractivity contribution >= 4 is 0 Å². The van der Waals surface area contributed by atoms with Crippen molar-refractivity contribution in [2.24, 2.45) is 0 Å². The predicted molar refractivity (Wildman–Crippen MR) is 116 cm³/mol. The Balaban J connectivity index is 2.28. The summed E-state index contributed by atoms with van der Waals surface area (Å²) in [7, 11) is 6.59. The Hall–Kier alpha value is -2.40. The van der Waals surface area contributed by atoms with Crippen molar-refractivity contribution < 1.29 is 24.1 Å².